The van der Waals surface area contributed by atoms with Crippen LogP contribution in [0, 0.1) is 0 Å². The molecule has 6 heteroatoms. The van der Waals surface area contributed by atoms with E-state index in [-0.39, 0.29) is 18.5 Å². The van der Waals surface area contributed by atoms with Crippen molar-refractivity contribution in [3.63, 3.8) is 0 Å². The molecule has 0 aromatic heterocycles. The Bertz CT molecular complexity index is 1380. The molecule has 502 valence electrons. The number of aliphatic hydroxyl groups is 2. The molecular formula is C79H151NO5. The normalized spacial score (nSPS) is 12.7. The molecule has 0 saturated carbocycles. The number of unbranched alkanes of at least 4 members (excludes halogenated alkanes) is 56. The number of nitrogens with one attached hydrogen (secondary N) is 1. The molecule has 0 radical (unpaired) electrons. The smallest absolute Gasteiger partial charge is 0.305 e. The number of esters is 1. The van der Waals surface area contributed by atoms with Crippen LogP contribution in [-0.4, -0.2) is 47.4 Å². The van der Waals surface area contributed by atoms with Crippen molar-refractivity contribution in [3.05, 3.63) is 36.5 Å². The van der Waals surface area contributed by atoms with Crippen molar-refractivity contribution >= 4 is 11.9 Å². The lowest BCUT2D eigenvalue weighted by atomic mass is 10.0. The van der Waals surface area contributed by atoms with Gasteiger partial charge in [0.05, 0.1) is 25.4 Å². The minimum Gasteiger partial charge on any atom is -0.466 e. The fourth-order valence-corrected chi connectivity index (χ4v) is 12.3. The van der Waals surface area contributed by atoms with E-state index in [1.807, 2.05) is 0 Å². The molecule has 0 aromatic carbocycles. The van der Waals surface area contributed by atoms with Gasteiger partial charge in [0.25, 0.3) is 0 Å². The summed E-state index contributed by atoms with van der Waals surface area (Å²) < 4.78 is 5.51. The molecule has 1 amide bonds. The van der Waals surface area contributed by atoms with E-state index in [0.717, 1.165) is 51.4 Å². The average Bonchev–Trinajstić information content (AvgIpc) is 3.51. The van der Waals surface area contributed by atoms with Gasteiger partial charge in [-0.05, 0) is 83.5 Å². The molecule has 85 heavy (non-hydrogen) atoms. The lowest BCUT2D eigenvalue weighted by Gasteiger charge is -2.22. The number of carbonyl (C=O) groups excluding carboxylic acids is 2. The zero-order valence-electron chi connectivity index (χ0n) is 57.6. The lowest BCUT2D eigenvalue weighted by Crippen LogP contribution is -2.45. The molecule has 0 fully saturated rings. The van der Waals surface area contributed by atoms with Crippen LogP contribution < -0.4 is 5.32 Å². The highest BCUT2D eigenvalue weighted by Crippen LogP contribution is 2.19. The first-order valence-electron chi connectivity index (χ1n) is 38.7. The quantitative estimate of drug-likeness (QED) is 0.0320. The van der Waals surface area contributed by atoms with Crippen molar-refractivity contribution < 1.29 is 24.5 Å². The van der Waals surface area contributed by atoms with Crippen LogP contribution in [0.3, 0.4) is 0 Å². The number of hydrogen-bond donors (Lipinski definition) is 3. The second-order valence-electron chi connectivity index (χ2n) is 26.7. The Morgan fingerprint density at radius 1 is 0.329 bits per heavy atom. The average molecular weight is 1200 g/mol. The third-order valence-electron chi connectivity index (χ3n) is 18.2. The van der Waals surface area contributed by atoms with Gasteiger partial charge in [0, 0.05) is 12.8 Å². The third-order valence-corrected chi connectivity index (χ3v) is 18.2. The number of amides is 1. The van der Waals surface area contributed by atoms with Crippen LogP contribution in [0.1, 0.15) is 431 Å². The number of ether oxygens (including phenoxy) is 1. The summed E-state index contributed by atoms with van der Waals surface area (Å²) in [5.74, 6) is -0.0267. The molecule has 0 bridgehead atoms. The molecular weight excluding hydrogens is 1040 g/mol. The Hall–Kier alpha value is -1.92. The zero-order valence-corrected chi connectivity index (χ0v) is 57.6. The van der Waals surface area contributed by atoms with Crippen LogP contribution in [0.5, 0.6) is 0 Å². The summed E-state index contributed by atoms with van der Waals surface area (Å²) in [6.07, 6.45) is 96.4. The van der Waals surface area contributed by atoms with Crippen molar-refractivity contribution in [2.24, 2.45) is 0 Å². The molecule has 0 aromatic rings. The monoisotopic (exact) mass is 1190 g/mol. The molecule has 6 nitrogen and oxygen atoms in total. The van der Waals surface area contributed by atoms with E-state index in [9.17, 15) is 19.8 Å². The summed E-state index contributed by atoms with van der Waals surface area (Å²) in [4.78, 5) is 24.7. The fraction of sp³-hybridized carbons (Fsp3) is 0.899. The van der Waals surface area contributed by atoms with E-state index in [1.54, 1.807) is 0 Å². The first kappa shape index (κ1) is 83.1. The van der Waals surface area contributed by atoms with E-state index in [4.69, 9.17) is 4.74 Å². The Labute approximate surface area is 532 Å². The Kier molecular flexibility index (Phi) is 72.9. The summed E-state index contributed by atoms with van der Waals surface area (Å²) in [7, 11) is 0. The van der Waals surface area contributed by atoms with Crippen molar-refractivity contribution in [1.29, 1.82) is 0 Å². The second-order valence-corrected chi connectivity index (χ2v) is 26.7. The predicted molar refractivity (Wildman–Crippen MR) is 375 cm³/mol. The molecule has 0 spiro atoms. The highest BCUT2D eigenvalue weighted by Gasteiger charge is 2.20. The van der Waals surface area contributed by atoms with Gasteiger partial charge in [0.2, 0.25) is 5.91 Å². The van der Waals surface area contributed by atoms with Gasteiger partial charge in [0.1, 0.15) is 0 Å². The first-order chi connectivity index (χ1) is 42.0. The summed E-state index contributed by atoms with van der Waals surface area (Å²) in [5, 5.41) is 23.5. The summed E-state index contributed by atoms with van der Waals surface area (Å²) in [6.45, 7) is 4.99. The Balaban J connectivity index is 3.42. The van der Waals surface area contributed by atoms with Gasteiger partial charge in [-0.2, -0.15) is 0 Å². The minimum atomic E-state index is -0.671. The van der Waals surface area contributed by atoms with Gasteiger partial charge < -0.3 is 20.3 Å². The Morgan fingerprint density at radius 2 is 0.588 bits per heavy atom. The first-order valence-corrected chi connectivity index (χ1v) is 38.7. The van der Waals surface area contributed by atoms with Gasteiger partial charge >= 0.3 is 5.97 Å². The SMILES string of the molecule is CCCCCCCC/C=C\CCCCCCCCCCCC(=O)OCCCCCCCCCCC/C=C\C/C=C\CCCCCCCCCCCC(=O)NC(CO)C(O)CCCCCCCCCCCCCCCCCCCCCCCCCC. The molecule has 3 N–H and O–H groups in total. The number of hydrogen-bond acceptors (Lipinski definition) is 5. The van der Waals surface area contributed by atoms with Crippen LogP contribution in [0.2, 0.25) is 0 Å². The second kappa shape index (κ2) is 74.5. The maximum absolute atomic E-state index is 12.6. The maximum atomic E-state index is 12.6. The lowest BCUT2D eigenvalue weighted by molar-refractivity contribution is -0.143. The van der Waals surface area contributed by atoms with Crippen LogP contribution >= 0.6 is 0 Å². The highest BCUT2D eigenvalue weighted by atomic mass is 16.5. The summed E-state index contributed by atoms with van der Waals surface area (Å²) in [6, 6.07) is -0.548. The van der Waals surface area contributed by atoms with Crippen LogP contribution in [0.25, 0.3) is 0 Å². The molecule has 2 unspecified atom stereocenters. The van der Waals surface area contributed by atoms with Gasteiger partial charge in [-0.1, -0.05) is 371 Å². The van der Waals surface area contributed by atoms with Crippen molar-refractivity contribution in [2.75, 3.05) is 13.2 Å². The van der Waals surface area contributed by atoms with Crippen molar-refractivity contribution in [3.8, 4) is 0 Å². The highest BCUT2D eigenvalue weighted by molar-refractivity contribution is 5.76. The number of rotatable bonds is 73. The minimum absolute atomic E-state index is 0.00957. The Morgan fingerprint density at radius 3 is 0.906 bits per heavy atom. The standard InChI is InChI=1S/C79H151NO5/c1-3-5-7-9-11-13-15-17-19-21-23-24-25-29-32-36-39-43-47-51-55-59-63-67-71-77(82)76(75-81)80-78(83)72-68-64-60-56-52-48-44-40-37-33-30-27-26-28-31-34-38-42-46-50-54-58-62-66-70-74-85-79(84)73-69-65-61-57-53-49-45-41-35-22-20-18-16-14-12-10-8-6-4-2/h18,20,27-28,30-31,76-77,81-82H,3-17,19,21-26,29,32-75H2,1-2H3,(H,80,83)/b20-18-,30-27-,31-28-. The number of aliphatic hydroxyl groups excluding tert-OH is 2. The fourth-order valence-electron chi connectivity index (χ4n) is 12.3. The van der Waals surface area contributed by atoms with Gasteiger partial charge in [-0.25, -0.2) is 0 Å². The van der Waals surface area contributed by atoms with Gasteiger partial charge in [-0.3, -0.25) is 9.59 Å². The molecule has 0 aliphatic carbocycles. The molecule has 0 aliphatic heterocycles. The maximum Gasteiger partial charge on any atom is 0.305 e. The predicted octanol–water partition coefficient (Wildman–Crippen LogP) is 25.4. The molecule has 0 aliphatic rings. The van der Waals surface area contributed by atoms with E-state index in [0.29, 0.717) is 25.9 Å². The van der Waals surface area contributed by atoms with E-state index in [1.165, 1.54) is 347 Å². The molecule has 2 atom stereocenters. The number of carbonyl (C=O) groups is 2. The van der Waals surface area contributed by atoms with Gasteiger partial charge in [-0.15, -0.1) is 0 Å². The topological polar surface area (TPSA) is 95.9 Å². The zero-order chi connectivity index (χ0) is 61.3. The summed E-state index contributed by atoms with van der Waals surface area (Å²) >= 11 is 0. The van der Waals surface area contributed by atoms with Gasteiger partial charge in [0.15, 0.2) is 0 Å². The molecule has 0 saturated heterocycles. The van der Waals surface area contributed by atoms with E-state index < -0.39 is 12.1 Å². The largest absolute Gasteiger partial charge is 0.466 e. The van der Waals surface area contributed by atoms with Crippen molar-refractivity contribution in [2.45, 2.75) is 443 Å². The van der Waals surface area contributed by atoms with E-state index >= 15 is 0 Å². The summed E-state index contributed by atoms with van der Waals surface area (Å²) in [5.41, 5.74) is 0. The third kappa shape index (κ3) is 71.0. The molecule has 0 rings (SSSR count). The number of allylic oxidation sites excluding steroid dienone is 6. The van der Waals surface area contributed by atoms with Crippen LogP contribution in [-0.2, 0) is 14.3 Å². The van der Waals surface area contributed by atoms with Crippen LogP contribution in [0.15, 0.2) is 36.5 Å². The van der Waals surface area contributed by atoms with Crippen molar-refractivity contribution in [1.82, 2.24) is 5.32 Å². The molecule has 0 heterocycles. The van der Waals surface area contributed by atoms with Crippen LogP contribution in [0.4, 0.5) is 0 Å². The van der Waals surface area contributed by atoms with E-state index in [2.05, 4.69) is 55.6 Å².